The second kappa shape index (κ2) is 26.7. The molecule has 0 saturated carbocycles. The van der Waals surface area contributed by atoms with Crippen molar-refractivity contribution in [3.05, 3.63) is 0 Å². The molecule has 0 bridgehead atoms. The van der Waals surface area contributed by atoms with Crippen molar-refractivity contribution in [2.24, 2.45) is 5.92 Å². The van der Waals surface area contributed by atoms with Crippen LogP contribution in [0.5, 0.6) is 0 Å². The van der Waals surface area contributed by atoms with Gasteiger partial charge in [-0.2, -0.15) is 0 Å². The van der Waals surface area contributed by atoms with E-state index in [-0.39, 0.29) is 11.9 Å². The van der Waals surface area contributed by atoms with Gasteiger partial charge in [-0.1, -0.05) is 13.8 Å². The van der Waals surface area contributed by atoms with Crippen LogP contribution in [0.4, 0.5) is 0 Å². The van der Waals surface area contributed by atoms with Crippen LogP contribution in [0.3, 0.4) is 0 Å². The number of methoxy groups -OCH3 is 1. The first-order valence-electron chi connectivity index (χ1n) is 12.4. The molecule has 0 spiro atoms. The van der Waals surface area contributed by atoms with E-state index in [9.17, 15) is 4.79 Å². The Morgan fingerprint density at radius 3 is 1.21 bits per heavy atom. The highest BCUT2D eigenvalue weighted by molar-refractivity contribution is 5.76. The van der Waals surface area contributed by atoms with Crippen LogP contribution < -0.4 is 5.32 Å². The lowest BCUT2D eigenvalue weighted by atomic mass is 10.1. The normalized spacial score (nSPS) is 12.4. The Labute approximate surface area is 206 Å². The molecule has 1 N–H and O–H groups in total. The lowest BCUT2D eigenvalue weighted by Crippen LogP contribution is -2.34. The molecule has 0 aromatic rings. The molecule has 0 heterocycles. The van der Waals surface area contributed by atoms with Crippen LogP contribution in [-0.4, -0.2) is 118 Å². The molecule has 0 aliphatic rings. The zero-order chi connectivity index (χ0) is 25.1. The summed E-state index contributed by atoms with van der Waals surface area (Å²) in [6.45, 7) is 14.1. The zero-order valence-electron chi connectivity index (χ0n) is 21.8. The van der Waals surface area contributed by atoms with Gasteiger partial charge in [-0.25, -0.2) is 0 Å². The third-order valence-corrected chi connectivity index (χ3v) is 4.37. The first-order chi connectivity index (χ1) is 16.6. The Hall–Kier alpha value is -0.850. The molecular weight excluding hydrogens is 446 g/mol. The van der Waals surface area contributed by atoms with Gasteiger partial charge in [0.25, 0.3) is 0 Å². The van der Waals surface area contributed by atoms with E-state index in [1.165, 1.54) is 0 Å². The van der Waals surface area contributed by atoms with E-state index in [1.54, 1.807) is 7.11 Å². The second-order valence-corrected chi connectivity index (χ2v) is 8.13. The van der Waals surface area contributed by atoms with Crippen molar-refractivity contribution in [3.63, 3.8) is 0 Å². The number of rotatable bonds is 27. The fourth-order valence-electron chi connectivity index (χ4n) is 2.84. The van der Waals surface area contributed by atoms with Crippen LogP contribution in [-0.2, 0) is 42.7 Å². The monoisotopic (exact) mass is 495 g/mol. The molecule has 1 unspecified atom stereocenters. The van der Waals surface area contributed by atoms with E-state index < -0.39 is 0 Å². The molecule has 0 radical (unpaired) electrons. The first-order valence-corrected chi connectivity index (χ1v) is 12.4. The van der Waals surface area contributed by atoms with Gasteiger partial charge in [0.15, 0.2) is 0 Å². The van der Waals surface area contributed by atoms with Crippen molar-refractivity contribution < 1.29 is 42.7 Å². The molecule has 10 heteroatoms. The Kier molecular flexibility index (Phi) is 26.1. The summed E-state index contributed by atoms with van der Waals surface area (Å²) in [4.78, 5) is 11.8. The molecule has 1 amide bonds. The Balaban J connectivity index is 3.14. The van der Waals surface area contributed by atoms with Gasteiger partial charge in [-0.3, -0.25) is 4.79 Å². The Morgan fingerprint density at radius 2 is 0.882 bits per heavy atom. The minimum Gasteiger partial charge on any atom is -0.382 e. The lowest BCUT2D eigenvalue weighted by molar-refractivity contribution is -0.123. The van der Waals surface area contributed by atoms with Crippen LogP contribution in [0.25, 0.3) is 0 Å². The molecule has 0 fully saturated rings. The van der Waals surface area contributed by atoms with E-state index in [2.05, 4.69) is 19.2 Å². The van der Waals surface area contributed by atoms with Crippen LogP contribution in [0.2, 0.25) is 0 Å². The fraction of sp³-hybridized carbons (Fsp3) is 0.958. The van der Waals surface area contributed by atoms with Crippen molar-refractivity contribution in [2.75, 3.05) is 106 Å². The van der Waals surface area contributed by atoms with Gasteiger partial charge in [0, 0.05) is 19.6 Å². The second-order valence-electron chi connectivity index (χ2n) is 8.13. The molecular formula is C24H49NO9. The van der Waals surface area contributed by atoms with E-state index in [4.69, 9.17) is 37.9 Å². The van der Waals surface area contributed by atoms with Crippen LogP contribution in [0.15, 0.2) is 0 Å². The smallest absolute Gasteiger partial charge is 0.222 e. The topological polar surface area (TPSA) is 103 Å². The summed E-state index contributed by atoms with van der Waals surface area (Å²) in [5.41, 5.74) is 0. The molecule has 34 heavy (non-hydrogen) atoms. The van der Waals surface area contributed by atoms with Crippen LogP contribution in [0.1, 0.15) is 33.6 Å². The Morgan fingerprint density at radius 1 is 0.559 bits per heavy atom. The SMILES string of the molecule is COCCOCCOCCOCCOCCOCCOCCOCCC(=O)NC(C)CC(C)C. The number of hydrogen-bond donors (Lipinski definition) is 1. The molecule has 0 aliphatic heterocycles. The number of carbonyl (C=O) groups excluding carboxylic acids is 1. The van der Waals surface area contributed by atoms with E-state index in [0.717, 1.165) is 6.42 Å². The molecule has 1 atom stereocenters. The number of ether oxygens (including phenoxy) is 8. The van der Waals surface area contributed by atoms with Gasteiger partial charge in [-0.05, 0) is 19.3 Å². The summed E-state index contributed by atoms with van der Waals surface area (Å²) >= 11 is 0. The summed E-state index contributed by atoms with van der Waals surface area (Å²) in [6, 6.07) is 0.197. The molecule has 0 saturated heterocycles. The number of amides is 1. The van der Waals surface area contributed by atoms with Gasteiger partial charge in [0.1, 0.15) is 0 Å². The van der Waals surface area contributed by atoms with Crippen molar-refractivity contribution in [2.45, 2.75) is 39.7 Å². The quantitative estimate of drug-likeness (QED) is 0.171. The standard InChI is InChI=1S/C24H49NO9/c1-22(2)21-23(3)25-24(26)5-6-28-9-10-30-13-14-32-17-18-34-20-19-33-16-15-31-12-11-29-8-7-27-4/h22-23H,5-21H2,1-4H3,(H,25,26). The van der Waals surface area contributed by atoms with Crippen LogP contribution in [0, 0.1) is 5.92 Å². The van der Waals surface area contributed by atoms with Gasteiger partial charge in [-0.15, -0.1) is 0 Å². The summed E-state index contributed by atoms with van der Waals surface area (Å²) in [6.07, 6.45) is 1.35. The largest absolute Gasteiger partial charge is 0.382 e. The average molecular weight is 496 g/mol. The maximum atomic E-state index is 11.8. The fourth-order valence-corrected chi connectivity index (χ4v) is 2.84. The summed E-state index contributed by atoms with van der Waals surface area (Å²) in [5, 5.41) is 2.98. The van der Waals surface area contributed by atoms with Gasteiger partial charge < -0.3 is 43.2 Å². The van der Waals surface area contributed by atoms with Gasteiger partial charge in [0.2, 0.25) is 5.91 Å². The highest BCUT2D eigenvalue weighted by Gasteiger charge is 2.08. The molecule has 10 nitrogen and oxygen atoms in total. The van der Waals surface area contributed by atoms with Gasteiger partial charge >= 0.3 is 0 Å². The number of nitrogens with one attached hydrogen (secondary N) is 1. The predicted octanol–water partition coefficient (Wildman–Crippen LogP) is 1.69. The van der Waals surface area contributed by atoms with Crippen LogP contribution >= 0.6 is 0 Å². The Bertz CT molecular complexity index is 427. The average Bonchev–Trinajstić information content (AvgIpc) is 2.79. The first kappa shape index (κ1) is 33.1. The zero-order valence-corrected chi connectivity index (χ0v) is 21.8. The molecule has 0 aromatic carbocycles. The molecule has 204 valence electrons. The van der Waals surface area contributed by atoms with Gasteiger partial charge in [0.05, 0.1) is 99.1 Å². The van der Waals surface area contributed by atoms with E-state index in [0.29, 0.717) is 111 Å². The number of hydrogen-bond acceptors (Lipinski definition) is 9. The number of carbonyl (C=O) groups is 1. The third kappa shape index (κ3) is 27.4. The maximum absolute atomic E-state index is 11.8. The summed E-state index contributed by atoms with van der Waals surface area (Å²) in [5.74, 6) is 0.597. The molecule has 0 aliphatic carbocycles. The lowest BCUT2D eigenvalue weighted by Gasteiger charge is -2.15. The predicted molar refractivity (Wildman–Crippen MR) is 129 cm³/mol. The van der Waals surface area contributed by atoms with E-state index >= 15 is 0 Å². The molecule has 0 rings (SSSR count). The highest BCUT2D eigenvalue weighted by atomic mass is 16.6. The third-order valence-electron chi connectivity index (χ3n) is 4.37. The maximum Gasteiger partial charge on any atom is 0.222 e. The minimum absolute atomic E-state index is 0.0286. The van der Waals surface area contributed by atoms with Crippen molar-refractivity contribution in [1.82, 2.24) is 5.32 Å². The highest BCUT2D eigenvalue weighted by Crippen LogP contribution is 2.03. The summed E-state index contributed by atoms with van der Waals surface area (Å²) < 4.78 is 42.7. The van der Waals surface area contributed by atoms with E-state index in [1.807, 2.05) is 6.92 Å². The van der Waals surface area contributed by atoms with Crippen molar-refractivity contribution in [3.8, 4) is 0 Å². The molecule has 0 aromatic heterocycles. The van der Waals surface area contributed by atoms with Crippen molar-refractivity contribution in [1.29, 1.82) is 0 Å². The van der Waals surface area contributed by atoms with Crippen molar-refractivity contribution >= 4 is 5.91 Å². The summed E-state index contributed by atoms with van der Waals surface area (Å²) in [7, 11) is 1.64. The minimum atomic E-state index is 0.0286.